The van der Waals surface area contributed by atoms with Crippen LogP contribution >= 0.6 is 0 Å². The summed E-state index contributed by atoms with van der Waals surface area (Å²) in [5.41, 5.74) is 9.28. The lowest BCUT2D eigenvalue weighted by atomic mass is 9.77. The zero-order valence-corrected chi connectivity index (χ0v) is 14.5. The number of nitriles is 1. The molecule has 2 fully saturated rings. The van der Waals surface area contributed by atoms with Crippen molar-refractivity contribution >= 4 is 5.91 Å². The molecule has 1 aliphatic heterocycles. The average Bonchev–Trinajstić information content (AvgIpc) is 3.30. The largest absolute Gasteiger partial charge is 0.472 e. The summed E-state index contributed by atoms with van der Waals surface area (Å²) in [5.74, 6) is 0.166. The maximum atomic E-state index is 12.6. The van der Waals surface area contributed by atoms with Gasteiger partial charge in [-0.15, -0.1) is 0 Å². The number of aryl methyl sites for hydroxylation is 1. The highest BCUT2D eigenvalue weighted by Gasteiger charge is 2.41. The molecule has 0 aromatic carbocycles. The molecule has 4 atom stereocenters. The monoisotopic (exact) mass is 351 g/mol. The van der Waals surface area contributed by atoms with Gasteiger partial charge in [0, 0.05) is 23.3 Å². The molecular weight excluding hydrogens is 330 g/mol. The Morgan fingerprint density at radius 1 is 1.38 bits per heavy atom. The van der Waals surface area contributed by atoms with E-state index in [1.165, 1.54) is 0 Å². The van der Waals surface area contributed by atoms with Gasteiger partial charge in [-0.2, -0.15) is 5.26 Å². The van der Waals surface area contributed by atoms with E-state index < -0.39 is 0 Å². The summed E-state index contributed by atoms with van der Waals surface area (Å²) < 4.78 is 5.22. The Morgan fingerprint density at radius 2 is 2.27 bits per heavy atom. The number of furan rings is 1. The summed E-state index contributed by atoms with van der Waals surface area (Å²) in [6, 6.07) is 7.93. The normalized spacial score (nSPS) is 27.5. The predicted molar refractivity (Wildman–Crippen MR) is 93.8 cm³/mol. The van der Waals surface area contributed by atoms with Crippen LogP contribution in [0.2, 0.25) is 0 Å². The molecule has 0 spiro atoms. The SMILES string of the molecule is Cc1cc(C#N)cc(C(=O)NC2CCC3NNC(c4ccoc4)C3C2)n1. The van der Waals surface area contributed by atoms with Crippen LogP contribution in [0.5, 0.6) is 0 Å². The van der Waals surface area contributed by atoms with Gasteiger partial charge in [-0.1, -0.05) is 0 Å². The van der Waals surface area contributed by atoms with Crippen LogP contribution in [0.25, 0.3) is 0 Å². The highest BCUT2D eigenvalue weighted by Crippen LogP contribution is 2.38. The highest BCUT2D eigenvalue weighted by atomic mass is 16.3. The maximum Gasteiger partial charge on any atom is 0.270 e. The van der Waals surface area contributed by atoms with Crippen molar-refractivity contribution in [3.05, 3.63) is 53.2 Å². The van der Waals surface area contributed by atoms with E-state index in [9.17, 15) is 4.79 Å². The van der Waals surface area contributed by atoms with Crippen molar-refractivity contribution in [2.24, 2.45) is 5.92 Å². The van der Waals surface area contributed by atoms with Gasteiger partial charge in [0.1, 0.15) is 5.69 Å². The first-order chi connectivity index (χ1) is 12.6. The molecule has 7 heteroatoms. The predicted octanol–water partition coefficient (Wildman–Crippen LogP) is 1.97. The van der Waals surface area contributed by atoms with Crippen LogP contribution in [-0.4, -0.2) is 23.0 Å². The van der Waals surface area contributed by atoms with Crippen LogP contribution < -0.4 is 16.2 Å². The molecular formula is C19H21N5O2. The molecule has 3 N–H and O–H groups in total. The fourth-order valence-electron chi connectivity index (χ4n) is 4.08. The Hall–Kier alpha value is -2.69. The zero-order valence-electron chi connectivity index (χ0n) is 14.5. The minimum absolute atomic E-state index is 0.0905. The second-order valence-corrected chi connectivity index (χ2v) is 7.07. The van der Waals surface area contributed by atoms with Crippen molar-refractivity contribution < 1.29 is 9.21 Å². The van der Waals surface area contributed by atoms with E-state index in [1.54, 1.807) is 31.6 Å². The first-order valence-electron chi connectivity index (χ1n) is 8.87. The van der Waals surface area contributed by atoms with Crippen LogP contribution in [0.15, 0.2) is 35.1 Å². The number of hydrogen-bond donors (Lipinski definition) is 3. The number of fused-ring (bicyclic) bond motifs is 1. The lowest BCUT2D eigenvalue weighted by molar-refractivity contribution is 0.0910. The molecule has 1 aliphatic carbocycles. The van der Waals surface area contributed by atoms with Gasteiger partial charge in [0.25, 0.3) is 5.91 Å². The minimum Gasteiger partial charge on any atom is -0.472 e. The number of hydrazine groups is 1. The average molecular weight is 351 g/mol. The van der Waals surface area contributed by atoms with Gasteiger partial charge in [-0.25, -0.2) is 10.4 Å². The molecule has 4 rings (SSSR count). The standard InChI is InChI=1S/C19H21N5O2/c1-11-6-12(9-20)7-17(21-11)19(25)22-14-2-3-16-15(8-14)18(24-23-16)13-4-5-26-10-13/h4-7,10,14-16,18,23-24H,2-3,8H2,1H3,(H,22,25). The molecule has 2 aromatic heterocycles. The fourth-order valence-corrected chi connectivity index (χ4v) is 4.08. The lowest BCUT2D eigenvalue weighted by Crippen LogP contribution is -2.44. The molecule has 3 heterocycles. The van der Waals surface area contributed by atoms with Crippen molar-refractivity contribution in [2.75, 3.05) is 0 Å². The Labute approximate surface area is 151 Å². The van der Waals surface area contributed by atoms with Crippen LogP contribution in [0.3, 0.4) is 0 Å². The number of carbonyl (C=O) groups excluding carboxylic acids is 1. The summed E-state index contributed by atoms with van der Waals surface area (Å²) in [7, 11) is 0. The third kappa shape index (κ3) is 3.21. The molecule has 2 aliphatic rings. The molecule has 134 valence electrons. The van der Waals surface area contributed by atoms with E-state index in [2.05, 4.69) is 27.2 Å². The minimum atomic E-state index is -0.215. The number of nitrogens with zero attached hydrogens (tertiary/aromatic N) is 2. The van der Waals surface area contributed by atoms with E-state index in [0.717, 1.165) is 24.8 Å². The molecule has 4 unspecified atom stereocenters. The molecule has 0 radical (unpaired) electrons. The lowest BCUT2D eigenvalue weighted by Gasteiger charge is -2.33. The van der Waals surface area contributed by atoms with Gasteiger partial charge in [0.2, 0.25) is 0 Å². The number of hydrogen-bond acceptors (Lipinski definition) is 6. The van der Waals surface area contributed by atoms with Crippen molar-refractivity contribution in [2.45, 2.75) is 44.3 Å². The number of amides is 1. The summed E-state index contributed by atoms with van der Waals surface area (Å²) >= 11 is 0. The number of pyridine rings is 1. The van der Waals surface area contributed by atoms with E-state index in [4.69, 9.17) is 9.68 Å². The Bertz CT molecular complexity index is 842. The Kier molecular flexibility index (Phi) is 4.45. The van der Waals surface area contributed by atoms with E-state index in [1.807, 2.05) is 6.07 Å². The Morgan fingerprint density at radius 3 is 3.04 bits per heavy atom. The Balaban J connectivity index is 1.45. The third-order valence-corrected chi connectivity index (χ3v) is 5.30. The quantitative estimate of drug-likeness (QED) is 0.781. The molecule has 2 aromatic rings. The van der Waals surface area contributed by atoms with Crippen molar-refractivity contribution in [3.8, 4) is 6.07 Å². The van der Waals surface area contributed by atoms with E-state index in [0.29, 0.717) is 28.9 Å². The first kappa shape index (κ1) is 16.8. The van der Waals surface area contributed by atoms with Gasteiger partial charge in [-0.3, -0.25) is 10.2 Å². The smallest absolute Gasteiger partial charge is 0.270 e. The third-order valence-electron chi connectivity index (χ3n) is 5.30. The number of aromatic nitrogens is 1. The first-order valence-corrected chi connectivity index (χ1v) is 8.87. The molecule has 1 amide bonds. The summed E-state index contributed by atoms with van der Waals surface area (Å²) in [5, 5.41) is 12.2. The zero-order chi connectivity index (χ0) is 18.1. The molecule has 26 heavy (non-hydrogen) atoms. The highest BCUT2D eigenvalue weighted by molar-refractivity contribution is 5.92. The number of carbonyl (C=O) groups is 1. The van der Waals surface area contributed by atoms with Crippen LogP contribution in [-0.2, 0) is 0 Å². The van der Waals surface area contributed by atoms with Crippen molar-refractivity contribution in [1.82, 2.24) is 21.2 Å². The maximum absolute atomic E-state index is 12.6. The molecule has 0 bridgehead atoms. The number of nitrogens with one attached hydrogen (secondary N) is 3. The van der Waals surface area contributed by atoms with Crippen LogP contribution in [0.1, 0.15) is 52.6 Å². The number of rotatable bonds is 3. The second kappa shape index (κ2) is 6.90. The van der Waals surface area contributed by atoms with Crippen molar-refractivity contribution in [3.63, 3.8) is 0 Å². The van der Waals surface area contributed by atoms with E-state index in [-0.39, 0.29) is 18.0 Å². The summed E-state index contributed by atoms with van der Waals surface area (Å²) in [6.07, 6.45) is 6.23. The van der Waals surface area contributed by atoms with Gasteiger partial charge in [-0.05, 0) is 50.3 Å². The van der Waals surface area contributed by atoms with E-state index >= 15 is 0 Å². The molecule has 1 saturated carbocycles. The topological polar surface area (TPSA) is 103 Å². The van der Waals surface area contributed by atoms with Gasteiger partial charge < -0.3 is 9.73 Å². The van der Waals surface area contributed by atoms with Crippen molar-refractivity contribution in [1.29, 1.82) is 5.26 Å². The molecule has 7 nitrogen and oxygen atoms in total. The van der Waals surface area contributed by atoms with Gasteiger partial charge in [0.15, 0.2) is 0 Å². The van der Waals surface area contributed by atoms with Crippen LogP contribution in [0.4, 0.5) is 0 Å². The van der Waals surface area contributed by atoms with Crippen LogP contribution in [0, 0.1) is 24.2 Å². The summed E-state index contributed by atoms with van der Waals surface area (Å²) in [6.45, 7) is 1.79. The fraction of sp³-hybridized carbons (Fsp3) is 0.421. The molecule has 1 saturated heterocycles. The van der Waals surface area contributed by atoms with Gasteiger partial charge >= 0.3 is 0 Å². The summed E-state index contributed by atoms with van der Waals surface area (Å²) in [4.78, 5) is 16.9. The van der Waals surface area contributed by atoms with Gasteiger partial charge in [0.05, 0.1) is 30.2 Å². The second-order valence-electron chi connectivity index (χ2n) is 7.07.